The summed E-state index contributed by atoms with van der Waals surface area (Å²) in [6.45, 7) is 12.7. The number of carboxylic acid groups (broad SMARTS) is 1. The Kier molecular flexibility index (Phi) is 8.51. The van der Waals surface area contributed by atoms with Gasteiger partial charge in [0.1, 0.15) is 11.6 Å². The number of carboxylic acids is 1. The van der Waals surface area contributed by atoms with Crippen molar-refractivity contribution in [3.05, 3.63) is 106 Å². The molecule has 234 valence electrons. The first-order valence-corrected chi connectivity index (χ1v) is 15.7. The van der Waals surface area contributed by atoms with E-state index in [1.165, 1.54) is 23.3 Å². The molecule has 45 heavy (non-hydrogen) atoms. The van der Waals surface area contributed by atoms with Crippen LogP contribution in [0.5, 0.6) is 5.75 Å². The van der Waals surface area contributed by atoms with E-state index in [1.54, 1.807) is 0 Å². The third-order valence-electron chi connectivity index (χ3n) is 8.67. The van der Waals surface area contributed by atoms with E-state index in [0.717, 1.165) is 83.7 Å². The summed E-state index contributed by atoms with van der Waals surface area (Å²) in [4.78, 5) is 20.2. The second kappa shape index (κ2) is 12.4. The number of fused-ring (bicyclic) bond motifs is 2. The van der Waals surface area contributed by atoms with Gasteiger partial charge in [-0.25, -0.2) is 9.18 Å². The van der Waals surface area contributed by atoms with E-state index in [0.29, 0.717) is 17.9 Å². The molecule has 1 aromatic heterocycles. The summed E-state index contributed by atoms with van der Waals surface area (Å²) in [5.41, 5.74) is 9.85. The number of pyridine rings is 1. The van der Waals surface area contributed by atoms with Crippen LogP contribution in [0.15, 0.2) is 60.7 Å². The first kappa shape index (κ1) is 30.9. The molecule has 2 aliphatic rings. The second-order valence-electron chi connectivity index (χ2n) is 13.2. The van der Waals surface area contributed by atoms with Crippen LogP contribution in [-0.2, 0) is 35.5 Å². The van der Waals surface area contributed by atoms with Crippen molar-refractivity contribution < 1.29 is 23.8 Å². The number of ether oxygens (including phenoxy) is 2. The number of benzene rings is 3. The zero-order chi connectivity index (χ0) is 31.9. The lowest BCUT2D eigenvalue weighted by Gasteiger charge is -2.31. The third-order valence-corrected chi connectivity index (χ3v) is 8.67. The number of aryl methyl sites for hydroxylation is 3. The largest absolute Gasteiger partial charge is 0.493 e. The molecule has 0 saturated heterocycles. The van der Waals surface area contributed by atoms with Crippen molar-refractivity contribution in [3.63, 3.8) is 0 Å². The minimum absolute atomic E-state index is 0.220. The highest BCUT2D eigenvalue weighted by Crippen LogP contribution is 2.44. The van der Waals surface area contributed by atoms with Crippen LogP contribution in [0.1, 0.15) is 72.5 Å². The van der Waals surface area contributed by atoms with Gasteiger partial charge in [-0.1, -0.05) is 36.4 Å². The van der Waals surface area contributed by atoms with E-state index in [-0.39, 0.29) is 5.82 Å². The average Bonchev–Trinajstić information content (AvgIpc) is 3.00. The Hall–Kier alpha value is -4.07. The molecule has 4 aromatic rings. The van der Waals surface area contributed by atoms with Crippen LogP contribution in [0, 0.1) is 19.7 Å². The second-order valence-corrected chi connectivity index (χ2v) is 13.2. The van der Waals surface area contributed by atoms with Gasteiger partial charge in [0.15, 0.2) is 6.10 Å². The van der Waals surface area contributed by atoms with Gasteiger partial charge in [-0.15, -0.1) is 0 Å². The first-order chi connectivity index (χ1) is 21.5. The maximum Gasteiger partial charge on any atom is 0.337 e. The molecule has 6 rings (SSSR count). The summed E-state index contributed by atoms with van der Waals surface area (Å²) in [6, 6.07) is 19.5. The normalized spacial score (nSPS) is 15.6. The Balaban J connectivity index is 1.46. The Labute approximate surface area is 264 Å². The number of nitrogens with zero attached hydrogens (tertiary/aromatic N) is 2. The van der Waals surface area contributed by atoms with Crippen molar-refractivity contribution in [1.82, 2.24) is 9.88 Å². The van der Waals surface area contributed by atoms with Crippen LogP contribution >= 0.6 is 0 Å². The predicted molar refractivity (Wildman–Crippen MR) is 174 cm³/mol. The standard InChI is InChI=1S/C38H41FN2O4/c1-23-33(28-10-11-30-22-41(17-16-26(30)19-28)21-25-8-13-31(39)14-9-25)35(29-12-15-32-27(20-29)7-6-18-44-32)34(24(2)40-23)36(37(42)43)45-38(3,4)5/h8-15,19-20,36H,6-7,16-18,21-22H2,1-5H3,(H,42,43)/t36-/m0/s1. The Bertz CT molecular complexity index is 1740. The molecule has 3 heterocycles. The zero-order valence-corrected chi connectivity index (χ0v) is 26.7. The van der Waals surface area contributed by atoms with E-state index in [1.807, 2.05) is 58.9 Å². The van der Waals surface area contributed by atoms with Crippen molar-refractivity contribution in [2.45, 2.75) is 78.7 Å². The maximum absolute atomic E-state index is 13.4. The number of hydrogen-bond donors (Lipinski definition) is 1. The fourth-order valence-corrected chi connectivity index (χ4v) is 6.69. The van der Waals surface area contributed by atoms with Gasteiger partial charge in [0.05, 0.1) is 12.2 Å². The van der Waals surface area contributed by atoms with E-state index < -0.39 is 17.7 Å². The first-order valence-electron chi connectivity index (χ1n) is 15.7. The van der Waals surface area contributed by atoms with Gasteiger partial charge >= 0.3 is 5.97 Å². The summed E-state index contributed by atoms with van der Waals surface area (Å²) in [5, 5.41) is 10.5. The van der Waals surface area contributed by atoms with E-state index in [2.05, 4.69) is 29.2 Å². The van der Waals surface area contributed by atoms with Crippen molar-refractivity contribution in [3.8, 4) is 28.0 Å². The van der Waals surface area contributed by atoms with Crippen LogP contribution in [-0.4, -0.2) is 39.7 Å². The Morgan fingerprint density at radius 2 is 1.67 bits per heavy atom. The number of aromatic nitrogens is 1. The van der Waals surface area contributed by atoms with E-state index in [4.69, 9.17) is 14.5 Å². The summed E-state index contributed by atoms with van der Waals surface area (Å²) in [7, 11) is 0. The lowest BCUT2D eigenvalue weighted by atomic mass is 9.84. The molecule has 0 bridgehead atoms. The van der Waals surface area contributed by atoms with Gasteiger partial charge in [-0.2, -0.15) is 0 Å². The van der Waals surface area contributed by atoms with E-state index >= 15 is 0 Å². The topological polar surface area (TPSA) is 71.9 Å². The Morgan fingerprint density at radius 3 is 2.40 bits per heavy atom. The molecule has 2 aliphatic heterocycles. The molecule has 3 aromatic carbocycles. The fraction of sp³-hybridized carbons (Fsp3) is 0.368. The molecular weight excluding hydrogens is 567 g/mol. The molecule has 0 aliphatic carbocycles. The summed E-state index contributed by atoms with van der Waals surface area (Å²) in [5.74, 6) is -0.379. The van der Waals surface area contributed by atoms with Crippen molar-refractivity contribution in [1.29, 1.82) is 0 Å². The summed E-state index contributed by atoms with van der Waals surface area (Å²) in [6.07, 6.45) is 1.53. The molecule has 0 radical (unpaired) electrons. The highest BCUT2D eigenvalue weighted by molar-refractivity contribution is 5.91. The van der Waals surface area contributed by atoms with Crippen LogP contribution in [0.2, 0.25) is 0 Å². The average molecular weight is 609 g/mol. The van der Waals surface area contributed by atoms with Crippen molar-refractivity contribution in [2.24, 2.45) is 0 Å². The quantitative estimate of drug-likeness (QED) is 0.229. The van der Waals surface area contributed by atoms with Gasteiger partial charge in [-0.3, -0.25) is 9.88 Å². The van der Waals surface area contributed by atoms with Crippen LogP contribution in [0.25, 0.3) is 22.3 Å². The number of rotatable bonds is 7. The van der Waals surface area contributed by atoms with Crippen LogP contribution < -0.4 is 4.74 Å². The van der Waals surface area contributed by atoms with Gasteiger partial charge in [0, 0.05) is 42.1 Å². The number of halogens is 1. The summed E-state index contributed by atoms with van der Waals surface area (Å²) < 4.78 is 25.6. The van der Waals surface area contributed by atoms with E-state index in [9.17, 15) is 14.3 Å². The highest BCUT2D eigenvalue weighted by Gasteiger charge is 2.34. The fourth-order valence-electron chi connectivity index (χ4n) is 6.69. The molecule has 0 fully saturated rings. The highest BCUT2D eigenvalue weighted by atomic mass is 19.1. The zero-order valence-electron chi connectivity index (χ0n) is 26.7. The maximum atomic E-state index is 13.4. The van der Waals surface area contributed by atoms with Gasteiger partial charge in [0.2, 0.25) is 0 Å². The molecule has 1 atom stereocenters. The minimum atomic E-state index is -1.20. The van der Waals surface area contributed by atoms with Gasteiger partial charge in [0.25, 0.3) is 0 Å². The molecule has 6 nitrogen and oxygen atoms in total. The molecule has 0 spiro atoms. The molecule has 7 heteroatoms. The molecular formula is C38H41FN2O4. The molecule has 0 unspecified atom stereocenters. The van der Waals surface area contributed by atoms with Gasteiger partial charge < -0.3 is 14.6 Å². The Morgan fingerprint density at radius 1 is 0.956 bits per heavy atom. The van der Waals surface area contributed by atoms with Crippen molar-refractivity contribution in [2.75, 3.05) is 13.2 Å². The smallest absolute Gasteiger partial charge is 0.337 e. The molecule has 0 amide bonds. The SMILES string of the molecule is Cc1nc(C)c([C@H](OC(C)(C)C)C(=O)O)c(-c2ccc3c(c2)CCCO3)c1-c1ccc2c(c1)CCN(Cc1ccc(F)cc1)C2. The lowest BCUT2D eigenvalue weighted by Crippen LogP contribution is -2.30. The van der Waals surface area contributed by atoms with Crippen LogP contribution in [0.3, 0.4) is 0 Å². The number of hydrogen-bond acceptors (Lipinski definition) is 5. The number of carbonyl (C=O) groups is 1. The lowest BCUT2D eigenvalue weighted by molar-refractivity contribution is -0.160. The third kappa shape index (κ3) is 6.65. The monoisotopic (exact) mass is 608 g/mol. The number of aliphatic carboxylic acids is 1. The minimum Gasteiger partial charge on any atom is -0.493 e. The van der Waals surface area contributed by atoms with Crippen molar-refractivity contribution >= 4 is 5.97 Å². The summed E-state index contributed by atoms with van der Waals surface area (Å²) >= 11 is 0. The van der Waals surface area contributed by atoms with Crippen LogP contribution in [0.4, 0.5) is 4.39 Å². The van der Waals surface area contributed by atoms with Gasteiger partial charge in [-0.05, 0) is 117 Å². The predicted octanol–water partition coefficient (Wildman–Crippen LogP) is 8.00. The molecule has 0 saturated carbocycles. The molecule has 1 N–H and O–H groups in total.